The minimum atomic E-state index is -4.82. The third-order valence-electron chi connectivity index (χ3n) is 4.55. The standard InChI is InChI=1S/C22H14ClF3N2O4/c23-14-5-3-13(4-6-14)18-19(21(30)28(20(18)29)12-17-2-1-11-31-17)27-15-7-9-16(10-8-15)32-22(24,25)26/h1-11,27H,12H2. The van der Waals surface area contributed by atoms with Gasteiger partial charge in [-0.05, 0) is 54.1 Å². The number of hydrogen-bond donors (Lipinski definition) is 1. The van der Waals surface area contributed by atoms with Crippen LogP contribution in [0.5, 0.6) is 5.75 Å². The monoisotopic (exact) mass is 462 g/mol. The molecule has 0 saturated carbocycles. The number of halogens is 4. The normalized spacial score (nSPS) is 14.3. The summed E-state index contributed by atoms with van der Waals surface area (Å²) < 4.78 is 46.2. The molecule has 0 radical (unpaired) electrons. The molecule has 1 aliphatic heterocycles. The summed E-state index contributed by atoms with van der Waals surface area (Å²) in [6, 6.07) is 14.4. The van der Waals surface area contributed by atoms with Gasteiger partial charge in [0, 0.05) is 10.7 Å². The van der Waals surface area contributed by atoms with Crippen LogP contribution in [0.1, 0.15) is 11.3 Å². The highest BCUT2D eigenvalue weighted by Gasteiger charge is 2.39. The zero-order valence-corrected chi connectivity index (χ0v) is 16.9. The number of nitrogens with zero attached hydrogens (tertiary/aromatic N) is 1. The van der Waals surface area contributed by atoms with Crippen molar-refractivity contribution >= 4 is 34.7 Å². The number of nitrogens with one attached hydrogen (secondary N) is 1. The number of benzene rings is 2. The molecule has 1 aliphatic rings. The van der Waals surface area contributed by atoms with Gasteiger partial charge in [0.2, 0.25) is 0 Å². The van der Waals surface area contributed by atoms with Gasteiger partial charge in [-0.1, -0.05) is 23.7 Å². The van der Waals surface area contributed by atoms with Gasteiger partial charge in [-0.3, -0.25) is 14.5 Å². The van der Waals surface area contributed by atoms with Gasteiger partial charge >= 0.3 is 6.36 Å². The lowest BCUT2D eigenvalue weighted by molar-refractivity contribution is -0.274. The van der Waals surface area contributed by atoms with E-state index in [4.69, 9.17) is 16.0 Å². The Kier molecular flexibility index (Phi) is 5.67. The van der Waals surface area contributed by atoms with E-state index in [0.29, 0.717) is 22.0 Å². The van der Waals surface area contributed by atoms with Gasteiger partial charge < -0.3 is 14.5 Å². The van der Waals surface area contributed by atoms with Gasteiger partial charge in [0.05, 0.1) is 18.4 Å². The highest BCUT2D eigenvalue weighted by Crippen LogP contribution is 2.33. The zero-order valence-electron chi connectivity index (χ0n) is 16.2. The molecule has 10 heteroatoms. The van der Waals surface area contributed by atoms with Crippen LogP contribution in [0.4, 0.5) is 18.9 Å². The summed E-state index contributed by atoms with van der Waals surface area (Å²) in [6.45, 7) is -0.0781. The molecule has 4 rings (SSSR count). The lowest BCUT2D eigenvalue weighted by Gasteiger charge is -2.14. The summed E-state index contributed by atoms with van der Waals surface area (Å²) in [5.74, 6) is -1.15. The van der Waals surface area contributed by atoms with Crippen LogP contribution in [0.3, 0.4) is 0 Å². The number of hydrogen-bond acceptors (Lipinski definition) is 5. The lowest BCUT2D eigenvalue weighted by atomic mass is 10.0. The first-order valence-electron chi connectivity index (χ1n) is 9.23. The first-order valence-corrected chi connectivity index (χ1v) is 9.61. The summed E-state index contributed by atoms with van der Waals surface area (Å²) in [6.07, 6.45) is -3.39. The van der Waals surface area contributed by atoms with Gasteiger partial charge in [0.15, 0.2) is 0 Å². The summed E-state index contributed by atoms with van der Waals surface area (Å²) in [5.41, 5.74) is 0.832. The van der Waals surface area contributed by atoms with Gasteiger partial charge in [0.25, 0.3) is 11.8 Å². The molecule has 0 saturated heterocycles. The van der Waals surface area contributed by atoms with E-state index >= 15 is 0 Å². The minimum absolute atomic E-state index is 0.0200. The maximum absolute atomic E-state index is 13.1. The van der Waals surface area contributed by atoms with Crippen molar-refractivity contribution in [3.8, 4) is 5.75 Å². The van der Waals surface area contributed by atoms with E-state index < -0.39 is 23.9 Å². The minimum Gasteiger partial charge on any atom is -0.467 e. The topological polar surface area (TPSA) is 71.8 Å². The third kappa shape index (κ3) is 4.62. The van der Waals surface area contributed by atoms with Crippen LogP contribution in [0.25, 0.3) is 5.57 Å². The largest absolute Gasteiger partial charge is 0.573 e. The predicted octanol–water partition coefficient (Wildman–Crippen LogP) is 5.22. The smallest absolute Gasteiger partial charge is 0.467 e. The van der Waals surface area contributed by atoms with Crippen LogP contribution in [0.2, 0.25) is 5.02 Å². The van der Waals surface area contributed by atoms with Crippen LogP contribution >= 0.6 is 11.6 Å². The van der Waals surface area contributed by atoms with E-state index in [2.05, 4.69) is 10.1 Å². The van der Waals surface area contributed by atoms with E-state index in [-0.39, 0.29) is 17.8 Å². The van der Waals surface area contributed by atoms with Crippen LogP contribution in [0.15, 0.2) is 77.0 Å². The fraction of sp³-hybridized carbons (Fsp3) is 0.0909. The predicted molar refractivity (Wildman–Crippen MR) is 109 cm³/mol. The van der Waals surface area contributed by atoms with E-state index in [0.717, 1.165) is 17.0 Å². The number of imide groups is 1. The van der Waals surface area contributed by atoms with E-state index in [1.165, 1.54) is 18.4 Å². The second-order valence-electron chi connectivity index (χ2n) is 6.73. The first-order chi connectivity index (χ1) is 15.2. The maximum Gasteiger partial charge on any atom is 0.573 e. The number of carbonyl (C=O) groups is 2. The SMILES string of the molecule is O=C1C(Nc2ccc(OC(F)(F)F)cc2)=C(c2ccc(Cl)cc2)C(=O)N1Cc1ccco1. The molecule has 0 spiro atoms. The van der Waals surface area contributed by atoms with Crippen LogP contribution in [-0.2, 0) is 16.1 Å². The Morgan fingerprint density at radius 2 is 1.66 bits per heavy atom. The molecule has 1 aromatic heterocycles. The van der Waals surface area contributed by atoms with Crippen molar-refractivity contribution < 1.29 is 31.9 Å². The Hall–Kier alpha value is -3.72. The van der Waals surface area contributed by atoms with Crippen molar-refractivity contribution in [1.29, 1.82) is 0 Å². The maximum atomic E-state index is 13.1. The average molecular weight is 463 g/mol. The summed E-state index contributed by atoms with van der Waals surface area (Å²) in [4.78, 5) is 27.2. The van der Waals surface area contributed by atoms with Crippen molar-refractivity contribution in [3.05, 3.63) is 89.0 Å². The molecule has 0 aliphatic carbocycles. The molecular formula is C22H14ClF3N2O4. The van der Waals surface area contributed by atoms with Crippen molar-refractivity contribution in [2.24, 2.45) is 0 Å². The Morgan fingerprint density at radius 3 is 2.25 bits per heavy atom. The molecular weight excluding hydrogens is 449 g/mol. The number of rotatable bonds is 6. The highest BCUT2D eigenvalue weighted by molar-refractivity contribution is 6.36. The number of alkyl halides is 3. The van der Waals surface area contributed by atoms with E-state index in [9.17, 15) is 22.8 Å². The number of amides is 2. The van der Waals surface area contributed by atoms with Gasteiger partial charge in [-0.25, -0.2) is 0 Å². The summed E-state index contributed by atoms with van der Waals surface area (Å²) in [5, 5.41) is 3.30. The number of ether oxygens (including phenoxy) is 1. The summed E-state index contributed by atoms with van der Waals surface area (Å²) in [7, 11) is 0. The van der Waals surface area contributed by atoms with Crippen LogP contribution in [0, 0.1) is 0 Å². The first kappa shape index (κ1) is 21.5. The second-order valence-corrected chi connectivity index (χ2v) is 7.17. The van der Waals surface area contributed by atoms with Crippen LogP contribution in [-0.4, -0.2) is 23.1 Å². The second kappa shape index (κ2) is 8.43. The molecule has 0 atom stereocenters. The summed E-state index contributed by atoms with van der Waals surface area (Å²) >= 11 is 5.94. The fourth-order valence-corrected chi connectivity index (χ4v) is 3.29. The third-order valence-corrected chi connectivity index (χ3v) is 4.80. The molecule has 6 nitrogen and oxygen atoms in total. The molecule has 2 aromatic carbocycles. The average Bonchev–Trinajstić information content (AvgIpc) is 3.32. The van der Waals surface area contributed by atoms with Crippen LogP contribution < -0.4 is 10.1 Å². The number of anilines is 1. The zero-order chi connectivity index (χ0) is 22.9. The lowest BCUT2D eigenvalue weighted by Crippen LogP contribution is -2.31. The molecule has 2 heterocycles. The Labute approximate surface area is 184 Å². The molecule has 32 heavy (non-hydrogen) atoms. The molecule has 164 valence electrons. The molecule has 2 amide bonds. The van der Waals surface area contributed by atoms with Gasteiger partial charge in [-0.2, -0.15) is 0 Å². The van der Waals surface area contributed by atoms with Gasteiger partial charge in [-0.15, -0.1) is 13.2 Å². The van der Waals surface area contributed by atoms with E-state index in [1.54, 1.807) is 36.4 Å². The fourth-order valence-electron chi connectivity index (χ4n) is 3.16. The Morgan fingerprint density at radius 1 is 0.969 bits per heavy atom. The quantitative estimate of drug-likeness (QED) is 0.508. The molecule has 3 aromatic rings. The molecule has 0 fully saturated rings. The van der Waals surface area contributed by atoms with Crippen molar-refractivity contribution in [1.82, 2.24) is 4.90 Å². The highest BCUT2D eigenvalue weighted by atomic mass is 35.5. The van der Waals surface area contributed by atoms with Crippen molar-refractivity contribution in [2.75, 3.05) is 5.32 Å². The molecule has 0 bridgehead atoms. The van der Waals surface area contributed by atoms with Crippen molar-refractivity contribution in [3.63, 3.8) is 0 Å². The number of furan rings is 1. The Bertz CT molecular complexity index is 1170. The molecule has 0 unspecified atom stereocenters. The van der Waals surface area contributed by atoms with Crippen molar-refractivity contribution in [2.45, 2.75) is 12.9 Å². The van der Waals surface area contributed by atoms with Gasteiger partial charge in [0.1, 0.15) is 17.2 Å². The molecule has 1 N–H and O–H groups in total. The Balaban J connectivity index is 1.67. The number of carbonyl (C=O) groups excluding carboxylic acids is 2. The van der Waals surface area contributed by atoms with E-state index in [1.807, 2.05) is 0 Å².